The van der Waals surface area contributed by atoms with Crippen molar-refractivity contribution >= 4 is 11.0 Å². The minimum atomic E-state index is -0.871. The molecular weight excluding hydrogens is 217 g/mol. The molecule has 0 aliphatic carbocycles. The van der Waals surface area contributed by atoms with Gasteiger partial charge in [0.15, 0.2) is 0 Å². The van der Waals surface area contributed by atoms with Gasteiger partial charge in [0.2, 0.25) is 0 Å². The summed E-state index contributed by atoms with van der Waals surface area (Å²) >= 11 is 0. The maximum atomic E-state index is 11.7. The van der Waals surface area contributed by atoms with Gasteiger partial charge in [0.25, 0.3) is 0 Å². The molecule has 4 nitrogen and oxygen atoms in total. The van der Waals surface area contributed by atoms with Gasteiger partial charge in [-0.3, -0.25) is 0 Å². The summed E-state index contributed by atoms with van der Waals surface area (Å²) in [6.45, 7) is 1.73. The second kappa shape index (κ2) is 4.71. The van der Waals surface area contributed by atoms with E-state index in [-0.39, 0.29) is 40.5 Å². The molecule has 0 atom stereocenters. The second-order valence-corrected chi connectivity index (χ2v) is 3.16. The number of aryl methyl sites for hydroxylation is 1. The molecule has 1 heterocycles. The van der Waals surface area contributed by atoms with Crippen LogP contribution in [0.25, 0.3) is 11.0 Å². The van der Waals surface area contributed by atoms with Crippen molar-refractivity contribution in [3.05, 3.63) is 39.7 Å². The van der Waals surface area contributed by atoms with E-state index in [2.05, 4.69) is 0 Å². The van der Waals surface area contributed by atoms with Crippen molar-refractivity contribution in [2.24, 2.45) is 0 Å². The van der Waals surface area contributed by atoms with E-state index in [9.17, 15) is 9.90 Å². The van der Waals surface area contributed by atoms with Gasteiger partial charge in [-0.1, -0.05) is 23.9 Å². The summed E-state index contributed by atoms with van der Waals surface area (Å²) in [5, 5.41) is 20.5. The summed E-state index contributed by atoms with van der Waals surface area (Å²) in [5.74, 6) is -0.563. The summed E-state index contributed by atoms with van der Waals surface area (Å²) in [5.41, 5.74) is -0.380. The number of para-hydroxylation sites is 1. The van der Waals surface area contributed by atoms with E-state index in [0.29, 0.717) is 5.56 Å². The zero-order valence-electron chi connectivity index (χ0n) is 8.90. The molecule has 0 amide bonds. The summed E-state index contributed by atoms with van der Waals surface area (Å²) in [6.07, 6.45) is 0. The van der Waals surface area contributed by atoms with Crippen molar-refractivity contribution in [3.63, 3.8) is 0 Å². The van der Waals surface area contributed by atoms with Gasteiger partial charge < -0.3 is 9.52 Å². The van der Waals surface area contributed by atoms with Crippen LogP contribution in [0, 0.1) is 18.3 Å². The van der Waals surface area contributed by atoms with Crippen molar-refractivity contribution in [1.29, 1.82) is 5.26 Å². The maximum absolute atomic E-state index is 11.7. The van der Waals surface area contributed by atoms with Gasteiger partial charge in [0.1, 0.15) is 17.2 Å². The Bertz CT molecular complexity index is 640. The van der Waals surface area contributed by atoms with E-state index < -0.39 is 16.9 Å². The third kappa shape index (κ3) is 1.85. The summed E-state index contributed by atoms with van der Waals surface area (Å²) < 4.78 is 4.92. The summed E-state index contributed by atoms with van der Waals surface area (Å²) in [4.78, 5) is 11.2. The monoisotopic (exact) mass is 223 g/mol. The molecule has 74 valence electrons. The molecule has 0 fully saturated rings. The number of benzene rings is 1. The van der Waals surface area contributed by atoms with Crippen LogP contribution in [0.1, 0.15) is 11.1 Å². The van der Waals surface area contributed by atoms with Gasteiger partial charge in [-0.05, 0) is 12.5 Å². The Balaban J connectivity index is 0.00000128. The zero-order valence-corrected chi connectivity index (χ0v) is 10.9. The summed E-state index contributed by atoms with van der Waals surface area (Å²) in [7, 11) is 0. The second-order valence-electron chi connectivity index (χ2n) is 3.16. The normalized spacial score (nSPS) is 9.50. The first-order valence-electron chi connectivity index (χ1n) is 4.28. The van der Waals surface area contributed by atoms with Crippen molar-refractivity contribution in [2.75, 3.05) is 0 Å². The van der Waals surface area contributed by atoms with Crippen LogP contribution in [0.3, 0.4) is 0 Å². The topological polar surface area (TPSA) is 77.1 Å². The number of nitriles is 1. The van der Waals surface area contributed by atoms with Crippen LogP contribution in [0.15, 0.2) is 27.4 Å². The Labute approximate surface area is 113 Å². The SMILES string of the molecule is Cc1cccc2c([O-])c(C#N)c(=O)oc12.[Na+]. The zero-order chi connectivity index (χ0) is 11.0. The predicted octanol–water partition coefficient (Wildman–Crippen LogP) is -1.95. The smallest absolute Gasteiger partial charge is 0.871 e. The molecule has 5 heteroatoms. The number of fused-ring (bicyclic) bond motifs is 1. The van der Waals surface area contributed by atoms with Crippen LogP contribution in [0.2, 0.25) is 0 Å². The van der Waals surface area contributed by atoms with Crippen LogP contribution in [0.4, 0.5) is 0 Å². The molecule has 0 unspecified atom stereocenters. The molecule has 2 aromatic rings. The Kier molecular flexibility index (Phi) is 3.76. The summed E-state index contributed by atoms with van der Waals surface area (Å²) in [6, 6.07) is 6.51. The molecule has 0 saturated heterocycles. The van der Waals surface area contributed by atoms with Crippen LogP contribution in [0.5, 0.6) is 5.75 Å². The number of hydrogen-bond donors (Lipinski definition) is 0. The predicted molar refractivity (Wildman–Crippen MR) is 51.4 cm³/mol. The molecular formula is C11H6NNaO3. The average molecular weight is 223 g/mol. The van der Waals surface area contributed by atoms with E-state index in [1.165, 1.54) is 6.07 Å². The first kappa shape index (κ1) is 12.8. The van der Waals surface area contributed by atoms with Gasteiger partial charge in [0.05, 0.1) is 0 Å². The Hall–Kier alpha value is -1.28. The van der Waals surface area contributed by atoms with Crippen LogP contribution >= 0.6 is 0 Å². The number of nitrogens with zero attached hydrogens (tertiary/aromatic N) is 1. The standard InChI is InChI=1S/C11H7NO3.Na/c1-6-3-2-4-7-9(13)8(5-12)11(14)15-10(6)7;/h2-4,13H,1H3;/q;+1/p-1. The Morgan fingerprint density at radius 2 is 2.12 bits per heavy atom. The molecule has 0 aliphatic heterocycles. The molecule has 0 saturated carbocycles. The molecule has 0 N–H and O–H groups in total. The molecule has 0 aliphatic rings. The van der Waals surface area contributed by atoms with E-state index in [0.717, 1.165) is 0 Å². The molecule has 2 rings (SSSR count). The molecule has 1 aromatic heterocycles. The van der Waals surface area contributed by atoms with Crippen molar-refractivity contribution < 1.29 is 39.1 Å². The van der Waals surface area contributed by atoms with Crippen molar-refractivity contribution in [1.82, 2.24) is 0 Å². The molecule has 1 aromatic carbocycles. The van der Waals surface area contributed by atoms with E-state index in [4.69, 9.17) is 9.68 Å². The van der Waals surface area contributed by atoms with Crippen LogP contribution in [-0.4, -0.2) is 0 Å². The molecule has 0 spiro atoms. The Morgan fingerprint density at radius 3 is 2.75 bits per heavy atom. The number of hydrogen-bond acceptors (Lipinski definition) is 4. The van der Waals surface area contributed by atoms with Gasteiger partial charge in [-0.15, -0.1) is 0 Å². The third-order valence-electron chi connectivity index (χ3n) is 2.19. The molecule has 0 radical (unpaired) electrons. The maximum Gasteiger partial charge on any atom is 1.00 e. The van der Waals surface area contributed by atoms with Gasteiger partial charge in [-0.2, -0.15) is 5.26 Å². The largest absolute Gasteiger partial charge is 1.00 e. The Morgan fingerprint density at radius 1 is 1.44 bits per heavy atom. The first-order valence-corrected chi connectivity index (χ1v) is 4.28. The van der Waals surface area contributed by atoms with Crippen LogP contribution < -0.4 is 40.3 Å². The first-order chi connectivity index (χ1) is 7.15. The van der Waals surface area contributed by atoms with Crippen molar-refractivity contribution in [3.8, 4) is 11.8 Å². The molecule has 0 bridgehead atoms. The quantitative estimate of drug-likeness (QED) is 0.384. The third-order valence-corrected chi connectivity index (χ3v) is 2.19. The fourth-order valence-corrected chi connectivity index (χ4v) is 1.43. The van der Waals surface area contributed by atoms with Crippen molar-refractivity contribution in [2.45, 2.75) is 6.92 Å². The fourth-order valence-electron chi connectivity index (χ4n) is 1.43. The average Bonchev–Trinajstić information content (AvgIpc) is 2.20. The fraction of sp³-hybridized carbons (Fsp3) is 0.0909. The molecule has 16 heavy (non-hydrogen) atoms. The minimum Gasteiger partial charge on any atom is -0.871 e. The van der Waals surface area contributed by atoms with Gasteiger partial charge >= 0.3 is 35.2 Å². The van der Waals surface area contributed by atoms with Gasteiger partial charge in [-0.25, -0.2) is 4.79 Å². The number of rotatable bonds is 0. The van der Waals surface area contributed by atoms with E-state index >= 15 is 0 Å². The minimum absolute atomic E-state index is 0. The van der Waals surface area contributed by atoms with Gasteiger partial charge in [0, 0.05) is 5.39 Å². The van der Waals surface area contributed by atoms with Crippen LogP contribution in [-0.2, 0) is 0 Å². The van der Waals surface area contributed by atoms with E-state index in [1.54, 1.807) is 25.1 Å². The van der Waals surface area contributed by atoms with E-state index in [1.807, 2.05) is 0 Å².